The van der Waals surface area contributed by atoms with Gasteiger partial charge in [0.2, 0.25) is 5.91 Å². The van der Waals surface area contributed by atoms with E-state index in [1.807, 2.05) is 18.2 Å². The highest BCUT2D eigenvalue weighted by Crippen LogP contribution is 2.65. The van der Waals surface area contributed by atoms with Crippen LogP contribution in [0.3, 0.4) is 0 Å². The molecule has 1 aromatic carbocycles. The summed E-state index contributed by atoms with van der Waals surface area (Å²) >= 11 is 0. The summed E-state index contributed by atoms with van der Waals surface area (Å²) in [6.07, 6.45) is 8.29. The minimum Gasteiger partial charge on any atom is -0.426 e. The van der Waals surface area contributed by atoms with Crippen molar-refractivity contribution >= 4 is 11.9 Å². The molecule has 0 radical (unpaired) electrons. The summed E-state index contributed by atoms with van der Waals surface area (Å²) in [5, 5.41) is 3.32. The van der Waals surface area contributed by atoms with Gasteiger partial charge in [-0.2, -0.15) is 0 Å². The number of amides is 1. The minimum atomic E-state index is -0.0330. The van der Waals surface area contributed by atoms with E-state index in [4.69, 9.17) is 4.74 Å². The predicted molar refractivity (Wildman–Crippen MR) is 130 cm³/mol. The number of hydrogen-bond donors (Lipinski definition) is 1. The van der Waals surface area contributed by atoms with Crippen molar-refractivity contribution in [3.8, 4) is 5.75 Å². The van der Waals surface area contributed by atoms with Crippen LogP contribution in [-0.2, 0) is 15.0 Å². The van der Waals surface area contributed by atoms with E-state index in [2.05, 4.69) is 46.0 Å². The fraction of sp³-hybridized carbons (Fsp3) is 0.724. The molecule has 0 bridgehead atoms. The molecule has 0 spiro atoms. The molecule has 4 nitrogen and oxygen atoms in total. The highest BCUT2D eigenvalue weighted by Gasteiger charge is 2.61. The Hall–Kier alpha value is -1.84. The van der Waals surface area contributed by atoms with Crippen LogP contribution in [0.2, 0.25) is 0 Å². The summed E-state index contributed by atoms with van der Waals surface area (Å²) in [5.74, 6) is 2.78. The Balaban J connectivity index is 1.33. The Labute approximate surface area is 199 Å². The Morgan fingerprint density at radius 1 is 1.00 bits per heavy atom. The number of benzene rings is 1. The first-order valence-corrected chi connectivity index (χ1v) is 13.1. The Kier molecular flexibility index (Phi) is 5.45. The lowest BCUT2D eigenvalue weighted by Crippen LogP contribution is -2.61. The zero-order chi connectivity index (χ0) is 23.6. The van der Waals surface area contributed by atoms with Crippen LogP contribution >= 0.6 is 0 Å². The van der Waals surface area contributed by atoms with Crippen molar-refractivity contribution in [2.45, 2.75) is 97.4 Å². The van der Waals surface area contributed by atoms with Crippen LogP contribution in [0, 0.1) is 34.5 Å². The van der Waals surface area contributed by atoms with Crippen molar-refractivity contribution in [2.24, 2.45) is 34.5 Å². The van der Waals surface area contributed by atoms with Crippen molar-refractivity contribution < 1.29 is 14.3 Å². The van der Waals surface area contributed by atoms with Gasteiger partial charge in [-0.05, 0) is 96.6 Å². The maximum Gasteiger partial charge on any atom is 0.314 e. The van der Waals surface area contributed by atoms with Crippen LogP contribution in [0.4, 0.5) is 0 Å². The quantitative estimate of drug-likeness (QED) is 0.441. The smallest absolute Gasteiger partial charge is 0.314 e. The number of nitrogens with one attached hydrogen (secondary N) is 1. The lowest BCUT2D eigenvalue weighted by atomic mass is 9.47. The number of hydrogen-bond acceptors (Lipinski definition) is 3. The third-order valence-electron chi connectivity index (χ3n) is 10.3. The maximum absolute atomic E-state index is 13.5. The van der Waals surface area contributed by atoms with Crippen LogP contribution < -0.4 is 10.1 Å². The highest BCUT2D eigenvalue weighted by atomic mass is 16.5. The average molecular weight is 452 g/mol. The van der Waals surface area contributed by atoms with Gasteiger partial charge in [-0.25, -0.2) is 0 Å². The fourth-order valence-corrected chi connectivity index (χ4v) is 8.30. The summed E-state index contributed by atoms with van der Waals surface area (Å²) in [7, 11) is 0. The molecular formula is C29H41NO3. The number of rotatable bonds is 2. The summed E-state index contributed by atoms with van der Waals surface area (Å²) in [4.78, 5) is 25.5. The van der Waals surface area contributed by atoms with Crippen LogP contribution in [0.1, 0.15) is 91.5 Å². The van der Waals surface area contributed by atoms with Gasteiger partial charge in [0, 0.05) is 12.5 Å². The van der Waals surface area contributed by atoms with E-state index in [0.29, 0.717) is 36.0 Å². The molecule has 33 heavy (non-hydrogen) atoms. The van der Waals surface area contributed by atoms with Crippen molar-refractivity contribution in [3.05, 3.63) is 29.8 Å². The fourth-order valence-electron chi connectivity index (χ4n) is 8.30. The molecule has 4 aliphatic rings. The molecule has 1 aliphatic heterocycles. The number of carbonyl (C=O) groups is 2. The summed E-state index contributed by atoms with van der Waals surface area (Å²) in [6, 6.07) is 8.38. The molecule has 0 aromatic heterocycles. The molecule has 5 rings (SSSR count). The molecule has 1 amide bonds. The van der Waals surface area contributed by atoms with E-state index in [0.717, 1.165) is 32.1 Å². The Morgan fingerprint density at radius 2 is 1.76 bits per heavy atom. The monoisotopic (exact) mass is 451 g/mol. The maximum atomic E-state index is 13.5. The molecule has 4 heteroatoms. The molecule has 7 atom stereocenters. The van der Waals surface area contributed by atoms with Gasteiger partial charge in [0.15, 0.2) is 0 Å². The van der Waals surface area contributed by atoms with E-state index in [9.17, 15) is 9.59 Å². The summed E-state index contributed by atoms with van der Waals surface area (Å²) in [5.41, 5.74) is 1.46. The van der Waals surface area contributed by atoms with Gasteiger partial charge in [0.25, 0.3) is 0 Å². The number of ether oxygens (including phenoxy) is 1. The third-order valence-corrected chi connectivity index (χ3v) is 10.3. The van der Waals surface area contributed by atoms with E-state index in [1.54, 1.807) is 0 Å². The molecule has 3 aliphatic carbocycles. The first kappa shape index (κ1) is 22.9. The first-order valence-electron chi connectivity index (χ1n) is 13.1. The second-order valence-electron chi connectivity index (χ2n) is 13.0. The topological polar surface area (TPSA) is 55.4 Å². The van der Waals surface area contributed by atoms with Gasteiger partial charge in [0.05, 0.1) is 5.92 Å². The van der Waals surface area contributed by atoms with Crippen molar-refractivity contribution in [2.75, 3.05) is 0 Å². The molecule has 180 valence electrons. The molecule has 1 heterocycles. The highest BCUT2D eigenvalue weighted by molar-refractivity contribution is 5.77. The van der Waals surface area contributed by atoms with Gasteiger partial charge >= 0.3 is 5.97 Å². The standard InChI is InChI=1S/C29H41NO3/c1-27(2,3)18-7-6-8-19(17-18)33-26(32)23-11-10-21-20-9-12-24-29(5,16-14-25(31)30-24)22(20)13-15-28(21,23)4/h6-8,17,20-24H,9-16H2,1-5H3,(H,30,31)/t20-,21-,22-,23+,24+,28-,29+/m0/s1. The molecule has 4 fully saturated rings. The minimum absolute atomic E-state index is 0.0154. The lowest BCUT2D eigenvalue weighted by Gasteiger charge is -2.60. The van der Waals surface area contributed by atoms with Gasteiger partial charge in [-0.1, -0.05) is 46.8 Å². The number of fused-ring (bicyclic) bond motifs is 5. The summed E-state index contributed by atoms with van der Waals surface area (Å²) < 4.78 is 6.02. The largest absolute Gasteiger partial charge is 0.426 e. The van der Waals surface area contributed by atoms with E-state index in [-0.39, 0.29) is 34.0 Å². The molecule has 1 aromatic rings. The Bertz CT molecular complexity index is 948. The van der Waals surface area contributed by atoms with Crippen LogP contribution in [0.25, 0.3) is 0 Å². The zero-order valence-corrected chi connectivity index (χ0v) is 21.1. The normalized spacial score (nSPS) is 40.3. The molecule has 3 saturated carbocycles. The molecular weight excluding hydrogens is 410 g/mol. The number of carbonyl (C=O) groups excluding carboxylic acids is 2. The molecule has 0 unspecified atom stereocenters. The number of esters is 1. The second kappa shape index (κ2) is 7.85. The molecule has 1 saturated heterocycles. The van der Waals surface area contributed by atoms with Gasteiger partial charge in [-0.15, -0.1) is 0 Å². The van der Waals surface area contributed by atoms with E-state index >= 15 is 0 Å². The van der Waals surface area contributed by atoms with Crippen molar-refractivity contribution in [1.29, 1.82) is 0 Å². The predicted octanol–water partition coefficient (Wildman–Crippen LogP) is 6.03. The van der Waals surface area contributed by atoms with E-state index in [1.165, 1.54) is 18.4 Å². The van der Waals surface area contributed by atoms with Crippen molar-refractivity contribution in [3.63, 3.8) is 0 Å². The van der Waals surface area contributed by atoms with E-state index < -0.39 is 0 Å². The second-order valence-corrected chi connectivity index (χ2v) is 13.0. The van der Waals surface area contributed by atoms with Crippen LogP contribution in [-0.4, -0.2) is 17.9 Å². The van der Waals surface area contributed by atoms with Crippen LogP contribution in [0.5, 0.6) is 5.75 Å². The third kappa shape index (κ3) is 3.72. The number of piperidine rings is 1. The summed E-state index contributed by atoms with van der Waals surface area (Å²) in [6.45, 7) is 11.3. The zero-order valence-electron chi connectivity index (χ0n) is 21.1. The van der Waals surface area contributed by atoms with Crippen molar-refractivity contribution in [1.82, 2.24) is 5.32 Å². The first-order chi connectivity index (χ1) is 15.5. The lowest BCUT2D eigenvalue weighted by molar-refractivity contribution is -0.150. The average Bonchev–Trinajstić information content (AvgIpc) is 3.11. The van der Waals surface area contributed by atoms with Gasteiger partial charge < -0.3 is 10.1 Å². The van der Waals surface area contributed by atoms with Gasteiger partial charge in [0.1, 0.15) is 5.75 Å². The van der Waals surface area contributed by atoms with Crippen LogP contribution in [0.15, 0.2) is 24.3 Å². The Morgan fingerprint density at radius 3 is 2.52 bits per heavy atom. The molecule has 1 N–H and O–H groups in total. The van der Waals surface area contributed by atoms with Gasteiger partial charge in [-0.3, -0.25) is 9.59 Å². The SMILES string of the molecule is CC(C)(C)c1cccc(OC(=O)[C@H]2CC[C@H]3[C@@H]4CC[C@H]5NC(=O)CC[C@]5(C)[C@H]4CC[C@]23C)c1.